The number of nitro groups is 1. The first kappa shape index (κ1) is 22.8. The van der Waals surface area contributed by atoms with Gasteiger partial charge in [-0.2, -0.15) is 0 Å². The summed E-state index contributed by atoms with van der Waals surface area (Å²) in [5, 5.41) is 21.9. The molecule has 0 saturated carbocycles. The van der Waals surface area contributed by atoms with E-state index in [1.165, 1.54) is 43.4 Å². The highest BCUT2D eigenvalue weighted by Crippen LogP contribution is 2.42. The Bertz CT molecular complexity index is 1080. The molecule has 3 rings (SSSR count). The maximum atomic E-state index is 13.0. The van der Waals surface area contributed by atoms with Crippen molar-refractivity contribution in [2.45, 2.75) is 25.8 Å². The third-order valence-electron chi connectivity index (χ3n) is 5.37. The van der Waals surface area contributed by atoms with E-state index < -0.39 is 28.4 Å². The van der Waals surface area contributed by atoms with Gasteiger partial charge in [0.05, 0.1) is 30.8 Å². The van der Waals surface area contributed by atoms with Crippen LogP contribution in [0.2, 0.25) is 0 Å². The molecule has 0 spiro atoms. The molecule has 1 fully saturated rings. The predicted octanol–water partition coefficient (Wildman–Crippen LogP) is 3.83. The number of Topliss-reactive ketones (excluding diaryl/α,β-unsaturated/α-hetero) is 1. The minimum atomic E-state index is -0.837. The second-order valence-electron chi connectivity index (χ2n) is 7.26. The van der Waals surface area contributed by atoms with Crippen LogP contribution in [0.25, 0.3) is 5.76 Å². The third kappa shape index (κ3) is 4.14. The molecule has 0 bridgehead atoms. The van der Waals surface area contributed by atoms with Crippen LogP contribution in [0.3, 0.4) is 0 Å². The molecule has 1 aliphatic heterocycles. The first-order chi connectivity index (χ1) is 15.3. The maximum absolute atomic E-state index is 13.0. The third-order valence-corrected chi connectivity index (χ3v) is 5.37. The summed E-state index contributed by atoms with van der Waals surface area (Å²) in [5.74, 6) is -1.01. The summed E-state index contributed by atoms with van der Waals surface area (Å²) in [6.07, 6.45) is 1.48. The minimum absolute atomic E-state index is 0.0767. The van der Waals surface area contributed by atoms with Crippen LogP contribution in [-0.4, -0.2) is 47.4 Å². The fraction of sp³-hybridized carbons (Fsp3) is 0.304. The summed E-state index contributed by atoms with van der Waals surface area (Å²) < 4.78 is 10.6. The Kier molecular flexibility index (Phi) is 6.77. The Hall–Kier alpha value is -3.88. The van der Waals surface area contributed by atoms with Gasteiger partial charge in [0, 0.05) is 24.2 Å². The summed E-state index contributed by atoms with van der Waals surface area (Å²) >= 11 is 0. The van der Waals surface area contributed by atoms with Crippen molar-refractivity contribution in [3.8, 4) is 11.5 Å². The lowest BCUT2D eigenvalue weighted by Crippen LogP contribution is -2.30. The number of aliphatic hydroxyl groups is 1. The molecule has 0 unspecified atom stereocenters. The SMILES string of the molecule is CCCCN1C(=O)C(=O)C(=C(O)c2ccc([N+](=O)[O-])cc2)[C@@H]1c1ccc(OC)c(OC)c1. The highest BCUT2D eigenvalue weighted by Gasteiger charge is 2.46. The highest BCUT2D eigenvalue weighted by molar-refractivity contribution is 6.46. The number of carbonyl (C=O) groups is 2. The molecule has 1 amide bonds. The zero-order valence-electron chi connectivity index (χ0n) is 18.0. The standard InChI is InChI=1S/C23H24N2O7/c1-4-5-12-24-20(15-8-11-17(31-2)18(13-15)32-3)19(22(27)23(24)28)21(26)14-6-9-16(10-7-14)25(29)30/h6-11,13,20,26H,4-5,12H2,1-3H3/t20-/m0/s1. The zero-order valence-corrected chi connectivity index (χ0v) is 18.0. The van der Waals surface area contributed by atoms with Crippen LogP contribution in [0.1, 0.15) is 36.9 Å². The van der Waals surface area contributed by atoms with E-state index in [0.29, 0.717) is 30.0 Å². The summed E-state index contributed by atoms with van der Waals surface area (Å²) in [4.78, 5) is 37.6. The van der Waals surface area contributed by atoms with Crippen molar-refractivity contribution in [3.63, 3.8) is 0 Å². The summed E-state index contributed by atoms with van der Waals surface area (Å²) in [6.45, 7) is 2.30. The molecule has 1 N–H and O–H groups in total. The lowest BCUT2D eigenvalue weighted by Gasteiger charge is -2.25. The number of hydrogen-bond acceptors (Lipinski definition) is 7. The van der Waals surface area contributed by atoms with Crippen LogP contribution >= 0.6 is 0 Å². The van der Waals surface area contributed by atoms with Crippen LogP contribution in [0.4, 0.5) is 5.69 Å². The molecule has 168 valence electrons. The van der Waals surface area contributed by atoms with Gasteiger partial charge in [0.25, 0.3) is 17.4 Å². The normalized spacial score (nSPS) is 17.5. The van der Waals surface area contributed by atoms with Crippen molar-refractivity contribution >= 4 is 23.1 Å². The number of rotatable bonds is 8. The first-order valence-electron chi connectivity index (χ1n) is 10.1. The number of amides is 1. The number of non-ortho nitro benzene ring substituents is 1. The van der Waals surface area contributed by atoms with Gasteiger partial charge in [-0.15, -0.1) is 0 Å². The lowest BCUT2D eigenvalue weighted by atomic mass is 9.95. The van der Waals surface area contributed by atoms with Crippen molar-refractivity contribution in [1.82, 2.24) is 4.90 Å². The fourth-order valence-corrected chi connectivity index (χ4v) is 3.71. The van der Waals surface area contributed by atoms with Gasteiger partial charge >= 0.3 is 0 Å². The molecule has 9 heteroatoms. The van der Waals surface area contributed by atoms with Gasteiger partial charge in [0.15, 0.2) is 11.5 Å². The molecule has 32 heavy (non-hydrogen) atoms. The van der Waals surface area contributed by atoms with E-state index in [2.05, 4.69) is 0 Å². The van der Waals surface area contributed by atoms with Gasteiger partial charge < -0.3 is 19.5 Å². The highest BCUT2D eigenvalue weighted by atomic mass is 16.6. The van der Waals surface area contributed by atoms with Crippen LogP contribution in [-0.2, 0) is 9.59 Å². The number of carbonyl (C=O) groups excluding carboxylic acids is 2. The molecule has 0 aliphatic carbocycles. The predicted molar refractivity (Wildman–Crippen MR) is 117 cm³/mol. The number of nitrogens with zero attached hydrogens (tertiary/aromatic N) is 2. The van der Waals surface area contributed by atoms with Crippen molar-refractivity contribution in [3.05, 3.63) is 69.3 Å². The number of ether oxygens (including phenoxy) is 2. The number of hydrogen-bond donors (Lipinski definition) is 1. The number of benzene rings is 2. The van der Waals surface area contributed by atoms with Crippen LogP contribution < -0.4 is 9.47 Å². The number of aliphatic hydroxyl groups excluding tert-OH is 1. The van der Waals surface area contributed by atoms with Gasteiger partial charge in [-0.25, -0.2) is 0 Å². The minimum Gasteiger partial charge on any atom is -0.507 e. The number of likely N-dealkylation sites (tertiary alicyclic amines) is 1. The van der Waals surface area contributed by atoms with E-state index in [0.717, 1.165) is 6.42 Å². The summed E-state index contributed by atoms with van der Waals surface area (Å²) in [7, 11) is 2.98. The molecule has 0 radical (unpaired) electrons. The first-order valence-corrected chi connectivity index (χ1v) is 10.1. The van der Waals surface area contributed by atoms with Crippen LogP contribution in [0, 0.1) is 10.1 Å². The van der Waals surface area contributed by atoms with Gasteiger partial charge in [0.1, 0.15) is 5.76 Å². The molecule has 9 nitrogen and oxygen atoms in total. The average molecular weight is 440 g/mol. The van der Waals surface area contributed by atoms with E-state index >= 15 is 0 Å². The summed E-state index contributed by atoms with van der Waals surface area (Å²) in [5.41, 5.74) is 0.546. The summed E-state index contributed by atoms with van der Waals surface area (Å²) in [6, 6.07) is 9.35. The van der Waals surface area contributed by atoms with Gasteiger partial charge in [0.2, 0.25) is 0 Å². The maximum Gasteiger partial charge on any atom is 0.295 e. The van der Waals surface area contributed by atoms with Gasteiger partial charge in [-0.05, 0) is 36.2 Å². The Morgan fingerprint density at radius 3 is 2.31 bits per heavy atom. The Balaban J connectivity index is 2.17. The number of nitro benzene ring substituents is 1. The topological polar surface area (TPSA) is 119 Å². The van der Waals surface area contributed by atoms with E-state index in [-0.39, 0.29) is 16.8 Å². The number of methoxy groups -OCH3 is 2. The molecule has 1 aliphatic rings. The number of ketones is 1. The van der Waals surface area contributed by atoms with E-state index in [1.807, 2.05) is 6.92 Å². The smallest absolute Gasteiger partial charge is 0.295 e. The lowest BCUT2D eigenvalue weighted by molar-refractivity contribution is -0.384. The van der Waals surface area contributed by atoms with Crippen molar-refractivity contribution < 1.29 is 29.1 Å². The molecule has 1 saturated heterocycles. The van der Waals surface area contributed by atoms with Crippen LogP contribution in [0.5, 0.6) is 11.5 Å². The Labute approximate surface area is 185 Å². The van der Waals surface area contributed by atoms with Crippen molar-refractivity contribution in [1.29, 1.82) is 0 Å². The largest absolute Gasteiger partial charge is 0.507 e. The molecule has 0 aromatic heterocycles. The number of unbranched alkanes of at least 4 members (excludes halogenated alkanes) is 1. The molecule has 1 atom stereocenters. The molecule has 2 aromatic carbocycles. The van der Waals surface area contributed by atoms with Crippen molar-refractivity contribution in [2.75, 3.05) is 20.8 Å². The zero-order chi connectivity index (χ0) is 23.4. The van der Waals surface area contributed by atoms with E-state index in [1.54, 1.807) is 18.2 Å². The fourth-order valence-electron chi connectivity index (χ4n) is 3.71. The molecular weight excluding hydrogens is 416 g/mol. The van der Waals surface area contributed by atoms with Gasteiger partial charge in [-0.3, -0.25) is 19.7 Å². The van der Waals surface area contributed by atoms with Crippen molar-refractivity contribution in [2.24, 2.45) is 0 Å². The monoisotopic (exact) mass is 440 g/mol. The van der Waals surface area contributed by atoms with E-state index in [9.17, 15) is 24.8 Å². The van der Waals surface area contributed by atoms with Gasteiger partial charge in [-0.1, -0.05) is 19.4 Å². The molecule has 1 heterocycles. The Morgan fingerprint density at radius 1 is 1.09 bits per heavy atom. The molecular formula is C23H24N2O7. The average Bonchev–Trinajstić information content (AvgIpc) is 3.06. The second-order valence-corrected chi connectivity index (χ2v) is 7.26. The van der Waals surface area contributed by atoms with E-state index in [4.69, 9.17) is 9.47 Å². The van der Waals surface area contributed by atoms with Crippen LogP contribution in [0.15, 0.2) is 48.0 Å². The Morgan fingerprint density at radius 2 is 1.75 bits per heavy atom. The molecule has 2 aromatic rings. The quantitative estimate of drug-likeness (QED) is 0.218. The second kappa shape index (κ2) is 9.51.